The van der Waals surface area contributed by atoms with Crippen LogP contribution in [0.2, 0.25) is 0 Å². The molecule has 0 spiro atoms. The molecule has 16 heavy (non-hydrogen) atoms. The molecule has 2 N–H and O–H groups in total. The summed E-state index contributed by atoms with van der Waals surface area (Å²) in [6.07, 6.45) is 3.11. The molecule has 0 atom stereocenters. The highest BCUT2D eigenvalue weighted by molar-refractivity contribution is 5.89. The van der Waals surface area contributed by atoms with Gasteiger partial charge in [-0.25, -0.2) is 9.79 Å². The highest BCUT2D eigenvalue weighted by Crippen LogP contribution is 2.07. The number of hydrogen-bond donors (Lipinski definition) is 2. The average Bonchev–Trinajstić information content (AvgIpc) is 2.48. The maximum absolute atomic E-state index is 10.8. The Hall–Kier alpha value is -2.03. The number of nitriles is 1. The fourth-order valence-corrected chi connectivity index (χ4v) is 1.07. The van der Waals surface area contributed by atoms with Crippen molar-refractivity contribution in [2.24, 2.45) is 4.99 Å². The lowest BCUT2D eigenvalue weighted by molar-refractivity contribution is -0.134. The molecule has 1 rings (SSSR count). The van der Waals surface area contributed by atoms with Gasteiger partial charge in [-0.2, -0.15) is 5.26 Å². The van der Waals surface area contributed by atoms with Crippen LogP contribution in [0.3, 0.4) is 0 Å². The van der Waals surface area contributed by atoms with Gasteiger partial charge in [0.2, 0.25) is 5.96 Å². The van der Waals surface area contributed by atoms with E-state index < -0.39 is 5.97 Å². The van der Waals surface area contributed by atoms with Crippen LogP contribution in [0.1, 0.15) is 20.8 Å². The number of nitrogens with zero attached hydrogens (tertiary/aromatic N) is 2. The van der Waals surface area contributed by atoms with Crippen molar-refractivity contribution in [1.29, 1.82) is 5.26 Å². The van der Waals surface area contributed by atoms with E-state index in [1.165, 1.54) is 6.08 Å². The largest absolute Gasteiger partial charge is 0.456 e. The van der Waals surface area contributed by atoms with Crippen LogP contribution in [0.5, 0.6) is 0 Å². The molecule has 0 aliphatic carbocycles. The van der Waals surface area contributed by atoms with Gasteiger partial charge in [-0.15, -0.1) is 0 Å². The number of cyclic esters (lactones) is 1. The molecule has 6 heteroatoms. The molecule has 0 saturated heterocycles. The molecular formula is C10H14N4O2. The number of guanidine groups is 1. The van der Waals surface area contributed by atoms with Crippen LogP contribution in [0.25, 0.3) is 0 Å². The SMILES string of the molecule is CC(C)(C)N=C(NC#N)NC1=CC(=O)OC1. The molecule has 1 aliphatic heterocycles. The van der Waals surface area contributed by atoms with E-state index in [0.29, 0.717) is 11.7 Å². The van der Waals surface area contributed by atoms with Gasteiger partial charge in [-0.05, 0) is 20.8 Å². The standard InChI is InChI=1S/C10H14N4O2/c1-10(2,3)14-9(12-6-11)13-7-4-8(15)16-5-7/h4H,5H2,1-3H3,(H2,12,13,14). The van der Waals surface area contributed by atoms with Gasteiger partial charge < -0.3 is 10.1 Å². The van der Waals surface area contributed by atoms with Crippen molar-refractivity contribution < 1.29 is 9.53 Å². The van der Waals surface area contributed by atoms with E-state index in [0.717, 1.165) is 0 Å². The smallest absolute Gasteiger partial charge is 0.333 e. The van der Waals surface area contributed by atoms with Crippen LogP contribution in [0.15, 0.2) is 16.8 Å². The number of hydrogen-bond acceptors (Lipinski definition) is 4. The number of carbonyl (C=O) groups excluding carboxylic acids is 1. The molecule has 0 amide bonds. The van der Waals surface area contributed by atoms with Crippen LogP contribution in [-0.2, 0) is 9.53 Å². The minimum Gasteiger partial charge on any atom is -0.456 e. The van der Waals surface area contributed by atoms with Crippen molar-refractivity contribution in [2.45, 2.75) is 26.3 Å². The molecule has 86 valence electrons. The van der Waals surface area contributed by atoms with Crippen LogP contribution in [-0.4, -0.2) is 24.1 Å². The number of carbonyl (C=O) groups is 1. The molecule has 0 bridgehead atoms. The molecular weight excluding hydrogens is 208 g/mol. The molecule has 1 heterocycles. The lowest BCUT2D eigenvalue weighted by atomic mass is 10.1. The maximum Gasteiger partial charge on any atom is 0.333 e. The Bertz CT molecular complexity index is 385. The van der Waals surface area contributed by atoms with Crippen molar-refractivity contribution in [3.63, 3.8) is 0 Å². The quantitative estimate of drug-likeness (QED) is 0.218. The summed E-state index contributed by atoms with van der Waals surface area (Å²) in [5, 5.41) is 13.8. The molecule has 0 saturated carbocycles. The molecule has 0 fully saturated rings. The Balaban J connectivity index is 2.73. The number of esters is 1. The van der Waals surface area contributed by atoms with Gasteiger partial charge in [0.25, 0.3) is 0 Å². The molecule has 0 aromatic carbocycles. The second-order valence-corrected chi connectivity index (χ2v) is 4.27. The van der Waals surface area contributed by atoms with Gasteiger partial charge in [0.1, 0.15) is 6.61 Å². The van der Waals surface area contributed by atoms with Crippen LogP contribution >= 0.6 is 0 Å². The molecule has 0 aromatic rings. The van der Waals surface area contributed by atoms with Crippen molar-refractivity contribution in [3.05, 3.63) is 11.8 Å². The van der Waals surface area contributed by atoms with E-state index in [2.05, 4.69) is 15.6 Å². The summed E-state index contributed by atoms with van der Waals surface area (Å²) in [6, 6.07) is 0. The van der Waals surface area contributed by atoms with E-state index in [-0.39, 0.29) is 12.1 Å². The van der Waals surface area contributed by atoms with Gasteiger partial charge in [0.05, 0.1) is 11.2 Å². The van der Waals surface area contributed by atoms with E-state index in [1.54, 1.807) is 6.19 Å². The zero-order valence-electron chi connectivity index (χ0n) is 9.50. The predicted octanol–water partition coefficient (Wildman–Crippen LogP) is 0.242. The number of ether oxygens (including phenoxy) is 1. The van der Waals surface area contributed by atoms with Gasteiger partial charge in [0, 0.05) is 6.08 Å². The monoisotopic (exact) mass is 222 g/mol. The molecule has 6 nitrogen and oxygen atoms in total. The van der Waals surface area contributed by atoms with Gasteiger partial charge in [-0.3, -0.25) is 5.32 Å². The van der Waals surface area contributed by atoms with Crippen molar-refractivity contribution in [3.8, 4) is 6.19 Å². The third-order valence-corrected chi connectivity index (χ3v) is 1.56. The second kappa shape index (κ2) is 4.66. The van der Waals surface area contributed by atoms with Gasteiger partial charge in [0.15, 0.2) is 6.19 Å². The first-order valence-corrected chi connectivity index (χ1v) is 4.80. The number of rotatable bonds is 1. The summed E-state index contributed by atoms with van der Waals surface area (Å²) < 4.78 is 4.71. The Labute approximate surface area is 94.0 Å². The highest BCUT2D eigenvalue weighted by Gasteiger charge is 2.16. The van der Waals surface area contributed by atoms with E-state index >= 15 is 0 Å². The minimum atomic E-state index is -0.394. The first kappa shape index (κ1) is 12.0. The fourth-order valence-electron chi connectivity index (χ4n) is 1.07. The van der Waals surface area contributed by atoms with Gasteiger partial charge in [-0.1, -0.05) is 0 Å². The summed E-state index contributed by atoms with van der Waals surface area (Å²) in [7, 11) is 0. The zero-order chi connectivity index (χ0) is 12.2. The van der Waals surface area contributed by atoms with Crippen molar-refractivity contribution in [2.75, 3.05) is 6.61 Å². The average molecular weight is 222 g/mol. The lowest BCUT2D eigenvalue weighted by Gasteiger charge is -2.15. The number of nitrogens with one attached hydrogen (secondary N) is 2. The maximum atomic E-state index is 10.8. The van der Waals surface area contributed by atoms with Crippen molar-refractivity contribution >= 4 is 11.9 Å². The summed E-state index contributed by atoms with van der Waals surface area (Å²) in [6.45, 7) is 5.88. The van der Waals surface area contributed by atoms with Crippen LogP contribution < -0.4 is 10.6 Å². The van der Waals surface area contributed by atoms with E-state index in [1.807, 2.05) is 20.8 Å². The summed E-state index contributed by atoms with van der Waals surface area (Å²) >= 11 is 0. The Kier molecular flexibility index (Phi) is 3.51. The van der Waals surface area contributed by atoms with Crippen LogP contribution in [0, 0.1) is 11.5 Å². The Morgan fingerprint density at radius 3 is 2.75 bits per heavy atom. The molecule has 0 unspecified atom stereocenters. The first-order valence-electron chi connectivity index (χ1n) is 4.80. The predicted molar refractivity (Wildman–Crippen MR) is 58.1 cm³/mol. The second-order valence-electron chi connectivity index (χ2n) is 4.27. The lowest BCUT2D eigenvalue weighted by Crippen LogP contribution is -2.36. The third kappa shape index (κ3) is 4.00. The molecule has 0 aromatic heterocycles. The zero-order valence-corrected chi connectivity index (χ0v) is 9.50. The van der Waals surface area contributed by atoms with Crippen molar-refractivity contribution in [1.82, 2.24) is 10.6 Å². The highest BCUT2D eigenvalue weighted by atomic mass is 16.5. The van der Waals surface area contributed by atoms with E-state index in [9.17, 15) is 4.79 Å². The first-order chi connectivity index (χ1) is 7.40. The summed E-state index contributed by atoms with van der Waals surface area (Å²) in [4.78, 5) is 15.1. The topological polar surface area (TPSA) is 86.5 Å². The Morgan fingerprint density at radius 2 is 2.31 bits per heavy atom. The Morgan fingerprint density at radius 1 is 1.62 bits per heavy atom. The summed E-state index contributed by atoms with van der Waals surface area (Å²) in [5.74, 6) is -0.0888. The normalized spacial score (nSPS) is 16.2. The fraction of sp³-hybridized carbons (Fsp3) is 0.500. The van der Waals surface area contributed by atoms with E-state index in [4.69, 9.17) is 10.00 Å². The summed E-state index contributed by atoms with van der Waals surface area (Å²) in [5.41, 5.74) is 0.256. The number of aliphatic imine (C=N–C) groups is 1. The molecule has 1 aliphatic rings. The minimum absolute atomic E-state index is 0.176. The molecule has 0 radical (unpaired) electrons. The third-order valence-electron chi connectivity index (χ3n) is 1.56. The van der Waals surface area contributed by atoms with Gasteiger partial charge >= 0.3 is 5.97 Å². The van der Waals surface area contributed by atoms with Crippen LogP contribution in [0.4, 0.5) is 0 Å².